The van der Waals surface area contributed by atoms with Crippen LogP contribution in [-0.2, 0) is 9.59 Å². The van der Waals surface area contributed by atoms with E-state index < -0.39 is 5.97 Å². The van der Waals surface area contributed by atoms with Crippen LogP contribution in [0.15, 0.2) is 24.3 Å². The predicted octanol–water partition coefficient (Wildman–Crippen LogP) is 2.20. The first-order valence-corrected chi connectivity index (χ1v) is 8.03. The Bertz CT molecular complexity index is 827. The van der Waals surface area contributed by atoms with Crippen molar-refractivity contribution in [1.29, 1.82) is 5.26 Å². The zero-order valence-corrected chi connectivity index (χ0v) is 14.0. The SMILES string of the molecule is Cc1ccc2cc(C#N)c(NCCCNC(=O)CCC(=O)O)nc2c1. The maximum absolute atomic E-state index is 11.4. The van der Waals surface area contributed by atoms with E-state index in [1.54, 1.807) is 6.07 Å². The van der Waals surface area contributed by atoms with E-state index in [0.29, 0.717) is 30.9 Å². The normalized spacial score (nSPS) is 10.2. The van der Waals surface area contributed by atoms with Crippen LogP contribution in [0.1, 0.15) is 30.4 Å². The van der Waals surface area contributed by atoms with Crippen LogP contribution >= 0.6 is 0 Å². The monoisotopic (exact) mass is 340 g/mol. The van der Waals surface area contributed by atoms with Gasteiger partial charge >= 0.3 is 5.97 Å². The van der Waals surface area contributed by atoms with Gasteiger partial charge in [-0.2, -0.15) is 5.26 Å². The van der Waals surface area contributed by atoms with E-state index in [0.717, 1.165) is 16.5 Å². The number of anilines is 1. The van der Waals surface area contributed by atoms with Crippen LogP contribution in [0.3, 0.4) is 0 Å². The van der Waals surface area contributed by atoms with E-state index in [1.807, 2.05) is 25.1 Å². The summed E-state index contributed by atoms with van der Waals surface area (Å²) in [7, 11) is 0. The molecule has 0 unspecified atom stereocenters. The fourth-order valence-corrected chi connectivity index (χ4v) is 2.33. The second kappa shape index (κ2) is 8.64. The molecule has 130 valence electrons. The van der Waals surface area contributed by atoms with Crippen molar-refractivity contribution in [2.75, 3.05) is 18.4 Å². The van der Waals surface area contributed by atoms with Gasteiger partial charge in [-0.25, -0.2) is 4.98 Å². The van der Waals surface area contributed by atoms with Gasteiger partial charge in [0, 0.05) is 24.9 Å². The Morgan fingerprint density at radius 2 is 2.04 bits per heavy atom. The molecule has 1 amide bonds. The molecule has 3 N–H and O–H groups in total. The molecule has 25 heavy (non-hydrogen) atoms. The third-order valence-corrected chi connectivity index (χ3v) is 3.63. The molecule has 0 aliphatic carbocycles. The first-order valence-electron chi connectivity index (χ1n) is 8.03. The fraction of sp³-hybridized carbons (Fsp3) is 0.333. The third kappa shape index (κ3) is 5.46. The van der Waals surface area contributed by atoms with Gasteiger partial charge in [0.15, 0.2) is 0 Å². The number of pyridine rings is 1. The van der Waals surface area contributed by atoms with Gasteiger partial charge in [0.1, 0.15) is 11.9 Å². The molecular formula is C18H20N4O3. The summed E-state index contributed by atoms with van der Waals surface area (Å²) in [6.07, 6.45) is 0.445. The molecular weight excluding hydrogens is 320 g/mol. The second-order valence-electron chi connectivity index (χ2n) is 5.72. The van der Waals surface area contributed by atoms with Crippen molar-refractivity contribution in [3.05, 3.63) is 35.4 Å². The van der Waals surface area contributed by atoms with Crippen molar-refractivity contribution in [3.8, 4) is 6.07 Å². The van der Waals surface area contributed by atoms with Crippen LogP contribution < -0.4 is 10.6 Å². The summed E-state index contributed by atoms with van der Waals surface area (Å²) in [5.41, 5.74) is 2.39. The molecule has 0 fully saturated rings. The number of fused-ring (bicyclic) bond motifs is 1. The lowest BCUT2D eigenvalue weighted by atomic mass is 10.1. The largest absolute Gasteiger partial charge is 0.481 e. The van der Waals surface area contributed by atoms with Crippen LogP contribution in [-0.4, -0.2) is 35.1 Å². The van der Waals surface area contributed by atoms with E-state index in [-0.39, 0.29) is 18.7 Å². The Balaban J connectivity index is 1.87. The average molecular weight is 340 g/mol. The number of carboxylic acids is 1. The number of nitrogens with one attached hydrogen (secondary N) is 2. The predicted molar refractivity (Wildman–Crippen MR) is 94.2 cm³/mol. The summed E-state index contributed by atoms with van der Waals surface area (Å²) >= 11 is 0. The van der Waals surface area contributed by atoms with E-state index in [1.165, 1.54) is 0 Å². The third-order valence-electron chi connectivity index (χ3n) is 3.63. The highest BCUT2D eigenvalue weighted by atomic mass is 16.4. The van der Waals surface area contributed by atoms with Gasteiger partial charge in [-0.05, 0) is 31.0 Å². The minimum atomic E-state index is -0.988. The molecule has 0 bridgehead atoms. The number of carbonyl (C=O) groups excluding carboxylic acids is 1. The highest BCUT2D eigenvalue weighted by Gasteiger charge is 2.07. The van der Waals surface area contributed by atoms with E-state index in [4.69, 9.17) is 5.11 Å². The molecule has 1 heterocycles. The number of rotatable bonds is 8. The average Bonchev–Trinajstić information content (AvgIpc) is 2.58. The van der Waals surface area contributed by atoms with Gasteiger partial charge in [0.25, 0.3) is 0 Å². The Hall–Kier alpha value is -3.14. The van der Waals surface area contributed by atoms with Crippen molar-refractivity contribution >= 4 is 28.6 Å². The first-order chi connectivity index (χ1) is 12.0. The van der Waals surface area contributed by atoms with Gasteiger partial charge in [-0.1, -0.05) is 12.1 Å². The van der Waals surface area contributed by atoms with Crippen LogP contribution in [0.25, 0.3) is 10.9 Å². The van der Waals surface area contributed by atoms with Crippen LogP contribution in [0.2, 0.25) is 0 Å². The van der Waals surface area contributed by atoms with E-state index >= 15 is 0 Å². The molecule has 0 aliphatic heterocycles. The molecule has 0 spiro atoms. The van der Waals surface area contributed by atoms with Crippen molar-refractivity contribution in [2.24, 2.45) is 0 Å². The smallest absolute Gasteiger partial charge is 0.303 e. The Labute approximate surface area is 145 Å². The van der Waals surface area contributed by atoms with Gasteiger partial charge in [-0.3, -0.25) is 9.59 Å². The molecule has 0 radical (unpaired) electrons. The number of hydrogen-bond donors (Lipinski definition) is 3. The number of nitrogens with zero attached hydrogens (tertiary/aromatic N) is 2. The number of aryl methyl sites for hydroxylation is 1. The minimum absolute atomic E-state index is 0.0209. The molecule has 0 saturated heterocycles. The highest BCUT2D eigenvalue weighted by Crippen LogP contribution is 2.20. The minimum Gasteiger partial charge on any atom is -0.481 e. The standard InChI is InChI=1S/C18H20N4O3/c1-12-3-4-13-10-14(11-19)18(22-15(13)9-12)21-8-2-7-20-16(23)5-6-17(24)25/h3-4,9-10H,2,5-8H2,1H3,(H,20,23)(H,21,22)(H,24,25). The lowest BCUT2D eigenvalue weighted by Gasteiger charge is -2.10. The number of aromatic nitrogens is 1. The summed E-state index contributed by atoms with van der Waals surface area (Å²) in [6.45, 7) is 2.96. The number of amides is 1. The topological polar surface area (TPSA) is 115 Å². The number of benzene rings is 1. The summed E-state index contributed by atoms with van der Waals surface area (Å²) in [5.74, 6) is -0.740. The number of carboxylic acid groups (broad SMARTS) is 1. The van der Waals surface area contributed by atoms with Crippen molar-refractivity contribution < 1.29 is 14.7 Å². The first kappa shape index (κ1) is 18.2. The van der Waals surface area contributed by atoms with Crippen molar-refractivity contribution in [2.45, 2.75) is 26.2 Å². The van der Waals surface area contributed by atoms with Crippen LogP contribution in [0.4, 0.5) is 5.82 Å². The molecule has 1 aromatic carbocycles. The Morgan fingerprint density at radius 3 is 2.76 bits per heavy atom. The zero-order chi connectivity index (χ0) is 18.2. The maximum atomic E-state index is 11.4. The highest BCUT2D eigenvalue weighted by molar-refractivity contribution is 5.83. The van der Waals surface area contributed by atoms with Gasteiger partial charge in [-0.15, -0.1) is 0 Å². The quantitative estimate of drug-likeness (QED) is 0.635. The second-order valence-corrected chi connectivity index (χ2v) is 5.72. The molecule has 7 heteroatoms. The molecule has 7 nitrogen and oxygen atoms in total. The summed E-state index contributed by atoms with van der Waals surface area (Å²) in [5, 5.41) is 24.5. The van der Waals surface area contributed by atoms with Crippen molar-refractivity contribution in [1.82, 2.24) is 10.3 Å². The zero-order valence-electron chi connectivity index (χ0n) is 14.0. The molecule has 0 saturated carbocycles. The lowest BCUT2D eigenvalue weighted by molar-refractivity contribution is -0.138. The molecule has 2 rings (SSSR count). The number of hydrogen-bond acceptors (Lipinski definition) is 5. The van der Waals surface area contributed by atoms with Gasteiger partial charge in [0.05, 0.1) is 17.5 Å². The maximum Gasteiger partial charge on any atom is 0.303 e. The molecule has 2 aromatic rings. The lowest BCUT2D eigenvalue weighted by Crippen LogP contribution is -2.26. The number of carbonyl (C=O) groups is 2. The molecule has 0 aliphatic rings. The molecule has 1 aromatic heterocycles. The summed E-state index contributed by atoms with van der Waals surface area (Å²) in [6, 6.07) is 9.82. The van der Waals surface area contributed by atoms with Crippen molar-refractivity contribution in [3.63, 3.8) is 0 Å². The number of nitriles is 1. The van der Waals surface area contributed by atoms with Gasteiger partial charge in [0.2, 0.25) is 5.91 Å². The Morgan fingerprint density at radius 1 is 1.24 bits per heavy atom. The van der Waals surface area contributed by atoms with E-state index in [9.17, 15) is 14.9 Å². The number of aliphatic carboxylic acids is 1. The fourth-order valence-electron chi connectivity index (χ4n) is 2.33. The van der Waals surface area contributed by atoms with Crippen LogP contribution in [0.5, 0.6) is 0 Å². The Kier molecular flexibility index (Phi) is 6.29. The van der Waals surface area contributed by atoms with E-state index in [2.05, 4.69) is 21.7 Å². The molecule has 0 atom stereocenters. The van der Waals surface area contributed by atoms with Crippen LogP contribution in [0, 0.1) is 18.3 Å². The van der Waals surface area contributed by atoms with Gasteiger partial charge < -0.3 is 15.7 Å². The summed E-state index contributed by atoms with van der Waals surface area (Å²) < 4.78 is 0. The summed E-state index contributed by atoms with van der Waals surface area (Å²) in [4.78, 5) is 26.3.